The zero-order chi connectivity index (χ0) is 15.2. The third-order valence-electron chi connectivity index (χ3n) is 1.72. The summed E-state index contributed by atoms with van der Waals surface area (Å²) in [6.07, 6.45) is 3.69. The molecule has 1 rings (SSSR count). The summed E-state index contributed by atoms with van der Waals surface area (Å²) >= 11 is 0. The number of hydrogen-bond donors (Lipinski definition) is 0. The van der Waals surface area contributed by atoms with Crippen LogP contribution in [0.1, 0.15) is 32.6 Å². The number of halogens is 6. The molecule has 0 aromatic rings. The summed E-state index contributed by atoms with van der Waals surface area (Å²) in [5.41, 5.74) is 1.02. The topological polar surface area (TPSA) is 52.8 Å². The molecule has 114 valence electrons. The zero-order valence-electron chi connectivity index (χ0n) is 9.96. The van der Waals surface area contributed by atoms with Gasteiger partial charge >= 0.3 is 73.9 Å². The standard InChI is InChI=1S/C8H13N2O2.6ClH.Sb/c1-2-12-8(11)10-9-7-5-3-4-6-7;;;;;;;/h2-6H2,1H3;6*1H;/q+1;;;;;;;+5/p-6. The Kier molecular flexibility index (Phi) is 7.64. The van der Waals surface area contributed by atoms with E-state index in [9.17, 15) is 4.79 Å². The molecule has 19 heavy (non-hydrogen) atoms. The Balaban J connectivity index is 0.000000399. The number of carbonyl (C=O) groups excluding carboxylic acids is 1. The van der Waals surface area contributed by atoms with Crippen LogP contribution in [-0.4, -0.2) is 32.3 Å². The number of rotatable bonds is 1. The van der Waals surface area contributed by atoms with Crippen molar-refractivity contribution in [3.05, 3.63) is 0 Å². The summed E-state index contributed by atoms with van der Waals surface area (Å²) in [5.74, 6) is 0. The molecule has 0 heterocycles. The van der Waals surface area contributed by atoms with Crippen molar-refractivity contribution in [2.24, 2.45) is 5.11 Å². The fourth-order valence-corrected chi connectivity index (χ4v) is 1.15. The molecule has 0 N–H and O–H groups in total. The minimum atomic E-state index is -5.42. The predicted octanol–water partition coefficient (Wildman–Crippen LogP) is 5.57. The molecule has 1 amide bonds. The van der Waals surface area contributed by atoms with Crippen LogP contribution >= 0.6 is 53.0 Å². The molecule has 0 aromatic carbocycles. The molecule has 0 saturated heterocycles. The Morgan fingerprint density at radius 1 is 1.21 bits per heavy atom. The second-order valence-electron chi connectivity index (χ2n) is 3.63. The van der Waals surface area contributed by atoms with Gasteiger partial charge in [-0.2, -0.15) is 0 Å². The van der Waals surface area contributed by atoms with E-state index in [4.69, 9.17) is 53.0 Å². The van der Waals surface area contributed by atoms with Gasteiger partial charge in [0.05, 0.1) is 11.4 Å². The summed E-state index contributed by atoms with van der Waals surface area (Å²) < 4.78 is 4.59. The molecule has 0 aromatic heterocycles. The van der Waals surface area contributed by atoms with Gasteiger partial charge in [-0.15, -0.1) is 0 Å². The van der Waals surface area contributed by atoms with Crippen molar-refractivity contribution in [2.45, 2.75) is 32.6 Å². The van der Waals surface area contributed by atoms with Crippen molar-refractivity contribution in [3.8, 4) is 0 Å². The van der Waals surface area contributed by atoms with Crippen LogP contribution in [0.3, 0.4) is 0 Å². The first-order valence-corrected chi connectivity index (χ1v) is 24.7. The summed E-state index contributed by atoms with van der Waals surface area (Å²) in [6, 6.07) is 0. The number of ether oxygens (including phenoxy) is 1. The molecule has 1 fully saturated rings. The van der Waals surface area contributed by atoms with Crippen LogP contribution < -0.4 is 0 Å². The van der Waals surface area contributed by atoms with Crippen molar-refractivity contribution in [3.63, 3.8) is 0 Å². The van der Waals surface area contributed by atoms with Crippen molar-refractivity contribution in [1.82, 2.24) is 0 Å². The van der Waals surface area contributed by atoms with Gasteiger partial charge in [0.2, 0.25) is 5.11 Å². The molecule has 0 aliphatic heterocycles. The maximum absolute atomic E-state index is 10.7. The minimum absolute atomic E-state index is 0.354. The number of hydrogen-bond acceptors (Lipinski definition) is 2. The molecule has 11 heteroatoms. The number of carbonyl (C=O) groups is 1. The second kappa shape index (κ2) is 7.11. The molecule has 1 aliphatic rings. The fraction of sp³-hybridized carbons (Fsp3) is 0.750. The van der Waals surface area contributed by atoms with Gasteiger partial charge in [0.1, 0.15) is 0 Å². The Morgan fingerprint density at radius 3 is 2.00 bits per heavy atom. The summed E-state index contributed by atoms with van der Waals surface area (Å²) in [4.78, 5) is 14.5. The monoisotopic (exact) mass is 500 g/mol. The summed E-state index contributed by atoms with van der Waals surface area (Å²) in [5, 5.41) is 3.42. The number of amides is 1. The van der Waals surface area contributed by atoms with Gasteiger partial charge in [0.25, 0.3) is 0 Å². The van der Waals surface area contributed by atoms with Crippen molar-refractivity contribution in [2.75, 3.05) is 6.61 Å². The van der Waals surface area contributed by atoms with Gasteiger partial charge < -0.3 is 4.74 Å². The maximum atomic E-state index is 10.7. The Bertz CT molecular complexity index is 378. The molecule has 1 saturated carbocycles. The summed E-state index contributed by atoms with van der Waals surface area (Å²) in [7, 11) is 25.0. The molecule has 0 radical (unpaired) electrons. The van der Waals surface area contributed by atoms with Crippen LogP contribution in [0, 0.1) is 0 Å². The van der Waals surface area contributed by atoms with Gasteiger partial charge in [-0.05, 0) is 19.8 Å². The second-order valence-corrected chi connectivity index (χ2v) is 60.5. The van der Waals surface area contributed by atoms with E-state index in [0.29, 0.717) is 6.61 Å². The first-order chi connectivity index (χ1) is 8.28. The fourth-order valence-electron chi connectivity index (χ4n) is 1.15. The molecule has 4 nitrogen and oxygen atoms in total. The third kappa shape index (κ3) is 21.8. The first kappa shape index (κ1) is 20.4. The van der Waals surface area contributed by atoms with E-state index in [1.165, 1.54) is 0 Å². The van der Waals surface area contributed by atoms with Crippen molar-refractivity contribution < 1.29 is 14.3 Å². The Labute approximate surface area is 131 Å². The average molecular weight is 504 g/mol. The van der Waals surface area contributed by atoms with E-state index < -0.39 is 15.2 Å². The molecule has 0 atom stereocenters. The Morgan fingerprint density at radius 2 is 1.63 bits per heavy atom. The molecular formula is C8H13Cl6N2O2Sb. The van der Waals surface area contributed by atoms with E-state index in [1.54, 1.807) is 6.92 Å². The van der Waals surface area contributed by atoms with Crippen LogP contribution in [-0.2, 0) is 4.74 Å². The third-order valence-corrected chi connectivity index (χ3v) is 1.72. The quantitative estimate of drug-likeness (QED) is 0.267. The van der Waals surface area contributed by atoms with Crippen LogP contribution in [0.25, 0.3) is 0 Å². The normalized spacial score (nSPS) is 18.4. The molecule has 0 unspecified atom stereocenters. The van der Waals surface area contributed by atoms with Crippen molar-refractivity contribution >= 4 is 73.9 Å². The first-order valence-electron chi connectivity index (χ1n) is 5.27. The number of nitrogens with zero attached hydrogens (tertiary/aromatic N) is 2. The van der Waals surface area contributed by atoms with Gasteiger partial charge in [-0.1, -0.05) is 0 Å². The van der Waals surface area contributed by atoms with Crippen LogP contribution in [0.15, 0.2) is 5.11 Å². The van der Waals surface area contributed by atoms with Gasteiger partial charge in [-0.3, -0.25) is 0 Å². The van der Waals surface area contributed by atoms with Crippen LogP contribution in [0.5, 0.6) is 0 Å². The van der Waals surface area contributed by atoms with Gasteiger partial charge in [-0.25, -0.2) is 4.79 Å². The zero-order valence-corrected chi connectivity index (χ0v) is 17.0. The average Bonchev–Trinajstić information content (AvgIpc) is 2.62. The van der Waals surface area contributed by atoms with Gasteiger partial charge in [0, 0.05) is 12.8 Å². The van der Waals surface area contributed by atoms with Crippen LogP contribution in [0.4, 0.5) is 4.79 Å². The Hall–Kier alpha value is 1.41. The molecular weight excluding hydrogens is 491 g/mol. The van der Waals surface area contributed by atoms with E-state index in [1.807, 2.05) is 0 Å². The van der Waals surface area contributed by atoms with Crippen molar-refractivity contribution in [1.29, 1.82) is 0 Å². The van der Waals surface area contributed by atoms with E-state index in [0.717, 1.165) is 31.4 Å². The van der Waals surface area contributed by atoms with E-state index in [2.05, 4.69) is 14.6 Å². The molecule has 0 spiro atoms. The summed E-state index contributed by atoms with van der Waals surface area (Å²) in [6.45, 7) is 2.10. The van der Waals surface area contributed by atoms with E-state index in [-0.39, 0.29) is 0 Å². The molecule has 1 aliphatic carbocycles. The molecule has 0 bridgehead atoms. The predicted molar refractivity (Wildman–Crippen MR) is 84.1 cm³/mol. The van der Waals surface area contributed by atoms with E-state index >= 15 is 0 Å². The van der Waals surface area contributed by atoms with Gasteiger partial charge in [0.15, 0.2) is 0 Å². The van der Waals surface area contributed by atoms with Crippen LogP contribution in [0.2, 0.25) is 0 Å². The SMILES string of the molecule is CCOC(=O)N=[N+]=C1CCCC1.[Cl][Sb-]([Cl])([Cl])([Cl])([Cl])[Cl].